The van der Waals surface area contributed by atoms with Gasteiger partial charge in [-0.3, -0.25) is 20.0 Å². The Morgan fingerprint density at radius 3 is 2.41 bits per heavy atom. The first kappa shape index (κ1) is 22.5. The number of hydrogen-bond acceptors (Lipinski definition) is 6. The van der Waals surface area contributed by atoms with Gasteiger partial charge in [-0.25, -0.2) is 0 Å². The lowest BCUT2D eigenvalue weighted by atomic mass is 10.1. The van der Waals surface area contributed by atoms with Crippen LogP contribution in [0.5, 0.6) is 17.2 Å². The number of nitro benzene ring substituents is 1. The molecule has 3 aromatic carbocycles. The van der Waals surface area contributed by atoms with Crippen molar-refractivity contribution in [2.75, 3.05) is 12.4 Å². The van der Waals surface area contributed by atoms with Crippen LogP contribution in [0.15, 0.2) is 66.7 Å². The Balaban J connectivity index is 1.57. The van der Waals surface area contributed by atoms with E-state index in [2.05, 4.69) is 15.5 Å². The summed E-state index contributed by atoms with van der Waals surface area (Å²) < 4.78 is 11.1. The van der Waals surface area contributed by atoms with Crippen LogP contribution in [0, 0.1) is 24.0 Å². The van der Waals surface area contributed by atoms with Crippen molar-refractivity contribution in [2.24, 2.45) is 0 Å². The van der Waals surface area contributed by atoms with Crippen LogP contribution in [0.2, 0.25) is 0 Å². The fourth-order valence-corrected chi connectivity index (χ4v) is 3.51. The average molecular weight is 458 g/mol. The fourth-order valence-electron chi connectivity index (χ4n) is 3.51. The molecule has 0 aliphatic heterocycles. The molecule has 172 valence electrons. The lowest BCUT2D eigenvalue weighted by Crippen LogP contribution is -2.12. The number of aromatic amines is 1. The maximum Gasteiger partial charge on any atom is 0.275 e. The summed E-state index contributed by atoms with van der Waals surface area (Å²) in [7, 11) is 1.57. The summed E-state index contributed by atoms with van der Waals surface area (Å²) in [5.74, 6) is 0.946. The van der Waals surface area contributed by atoms with Crippen LogP contribution in [0.4, 0.5) is 11.4 Å². The molecule has 0 aliphatic rings. The molecule has 0 bridgehead atoms. The van der Waals surface area contributed by atoms with Gasteiger partial charge in [0, 0.05) is 17.7 Å². The molecule has 1 aromatic heterocycles. The van der Waals surface area contributed by atoms with E-state index < -0.39 is 10.8 Å². The van der Waals surface area contributed by atoms with Gasteiger partial charge in [-0.2, -0.15) is 5.10 Å². The van der Waals surface area contributed by atoms with E-state index in [4.69, 9.17) is 9.47 Å². The molecular weight excluding hydrogens is 436 g/mol. The third-order valence-electron chi connectivity index (χ3n) is 4.98. The fraction of sp³-hybridized carbons (Fsp3) is 0.120. The topological polar surface area (TPSA) is 119 Å². The van der Waals surface area contributed by atoms with Gasteiger partial charge in [-0.05, 0) is 55.3 Å². The molecule has 34 heavy (non-hydrogen) atoms. The van der Waals surface area contributed by atoms with E-state index in [1.54, 1.807) is 19.2 Å². The van der Waals surface area contributed by atoms with Gasteiger partial charge < -0.3 is 14.8 Å². The highest BCUT2D eigenvalue weighted by Gasteiger charge is 2.16. The largest absolute Gasteiger partial charge is 0.497 e. The Labute approximate surface area is 195 Å². The van der Waals surface area contributed by atoms with E-state index in [-0.39, 0.29) is 22.8 Å². The van der Waals surface area contributed by atoms with Crippen molar-refractivity contribution in [1.29, 1.82) is 0 Å². The third kappa shape index (κ3) is 5.21. The van der Waals surface area contributed by atoms with Crippen LogP contribution < -0.4 is 14.8 Å². The number of nitrogens with zero attached hydrogens (tertiary/aromatic N) is 2. The van der Waals surface area contributed by atoms with Gasteiger partial charge in [0.05, 0.1) is 29.5 Å². The highest BCUT2D eigenvalue weighted by molar-refractivity contribution is 6.03. The Hall–Kier alpha value is -4.66. The van der Waals surface area contributed by atoms with Crippen molar-refractivity contribution in [1.82, 2.24) is 10.2 Å². The van der Waals surface area contributed by atoms with Crippen molar-refractivity contribution in [3.63, 3.8) is 0 Å². The van der Waals surface area contributed by atoms with Crippen LogP contribution >= 0.6 is 0 Å². The van der Waals surface area contributed by atoms with Gasteiger partial charge in [0.2, 0.25) is 0 Å². The SMILES string of the molecule is COc1cccc(-c2cc(C(=O)Nc3cc(Oc4cc(C)cc(C)c4)cc([N+](=O)[O-])c3)[nH]n2)c1. The number of rotatable bonds is 7. The van der Waals surface area contributed by atoms with Crippen molar-refractivity contribution in [3.8, 4) is 28.5 Å². The van der Waals surface area contributed by atoms with Gasteiger partial charge in [0.1, 0.15) is 22.9 Å². The number of amides is 1. The zero-order valence-corrected chi connectivity index (χ0v) is 18.8. The lowest BCUT2D eigenvalue weighted by molar-refractivity contribution is -0.384. The molecular formula is C25H22N4O5. The number of carbonyl (C=O) groups is 1. The lowest BCUT2D eigenvalue weighted by Gasteiger charge is -2.10. The van der Waals surface area contributed by atoms with E-state index in [9.17, 15) is 14.9 Å². The minimum atomic E-state index is -0.541. The first-order chi connectivity index (χ1) is 16.3. The molecule has 2 N–H and O–H groups in total. The summed E-state index contributed by atoms with van der Waals surface area (Å²) in [5, 5.41) is 21.0. The molecule has 0 radical (unpaired) electrons. The quantitative estimate of drug-likeness (QED) is 0.273. The molecule has 9 nitrogen and oxygen atoms in total. The molecule has 1 amide bonds. The van der Waals surface area contributed by atoms with E-state index in [0.29, 0.717) is 17.2 Å². The summed E-state index contributed by atoms with van der Waals surface area (Å²) in [6.07, 6.45) is 0. The molecule has 4 aromatic rings. The molecule has 4 rings (SSSR count). The highest BCUT2D eigenvalue weighted by Crippen LogP contribution is 2.31. The van der Waals surface area contributed by atoms with Gasteiger partial charge in [0.15, 0.2) is 0 Å². The average Bonchev–Trinajstić information content (AvgIpc) is 3.29. The second-order valence-corrected chi connectivity index (χ2v) is 7.75. The van der Waals surface area contributed by atoms with E-state index in [1.807, 2.05) is 50.2 Å². The first-order valence-electron chi connectivity index (χ1n) is 10.4. The molecule has 1 heterocycles. The van der Waals surface area contributed by atoms with Crippen LogP contribution in [0.1, 0.15) is 21.6 Å². The van der Waals surface area contributed by atoms with Crippen molar-refractivity contribution >= 4 is 17.3 Å². The van der Waals surface area contributed by atoms with Crippen molar-refractivity contribution in [2.45, 2.75) is 13.8 Å². The summed E-state index contributed by atoms with van der Waals surface area (Å²) in [4.78, 5) is 23.7. The van der Waals surface area contributed by atoms with Crippen LogP contribution in [-0.2, 0) is 0 Å². The maximum atomic E-state index is 12.8. The van der Waals surface area contributed by atoms with Gasteiger partial charge >= 0.3 is 0 Å². The van der Waals surface area contributed by atoms with Crippen molar-refractivity contribution in [3.05, 3.63) is 93.7 Å². The second-order valence-electron chi connectivity index (χ2n) is 7.75. The minimum absolute atomic E-state index is 0.195. The number of nitrogens with one attached hydrogen (secondary N) is 2. The zero-order chi connectivity index (χ0) is 24.2. The van der Waals surface area contributed by atoms with Gasteiger partial charge in [0.25, 0.3) is 11.6 Å². The molecule has 0 spiro atoms. The predicted octanol–water partition coefficient (Wildman–Crippen LogP) is 5.65. The minimum Gasteiger partial charge on any atom is -0.497 e. The number of ether oxygens (including phenoxy) is 2. The number of H-pyrrole nitrogens is 1. The second kappa shape index (κ2) is 9.45. The number of benzene rings is 3. The van der Waals surface area contributed by atoms with E-state index in [1.165, 1.54) is 18.2 Å². The zero-order valence-electron chi connectivity index (χ0n) is 18.8. The van der Waals surface area contributed by atoms with E-state index >= 15 is 0 Å². The number of aryl methyl sites for hydroxylation is 2. The van der Waals surface area contributed by atoms with Crippen LogP contribution in [0.3, 0.4) is 0 Å². The molecule has 9 heteroatoms. The Bertz CT molecular complexity index is 1360. The third-order valence-corrected chi connectivity index (χ3v) is 4.98. The number of anilines is 1. The Kier molecular flexibility index (Phi) is 6.26. The summed E-state index contributed by atoms with van der Waals surface area (Å²) >= 11 is 0. The molecule has 0 fully saturated rings. The number of carbonyl (C=O) groups excluding carboxylic acids is 1. The first-order valence-corrected chi connectivity index (χ1v) is 10.4. The van der Waals surface area contributed by atoms with E-state index in [0.717, 1.165) is 16.7 Å². The number of non-ortho nitro benzene ring substituents is 1. The maximum absolute atomic E-state index is 12.8. The number of methoxy groups -OCH3 is 1. The summed E-state index contributed by atoms with van der Waals surface area (Å²) in [6.45, 7) is 3.87. The Morgan fingerprint density at radius 2 is 1.71 bits per heavy atom. The summed E-state index contributed by atoms with van der Waals surface area (Å²) in [6, 6.07) is 18.6. The van der Waals surface area contributed by atoms with Gasteiger partial charge in [-0.1, -0.05) is 18.2 Å². The molecule has 0 saturated heterocycles. The smallest absolute Gasteiger partial charge is 0.275 e. The number of aromatic nitrogens is 2. The Morgan fingerprint density at radius 1 is 0.971 bits per heavy atom. The molecule has 0 atom stereocenters. The summed E-state index contributed by atoms with van der Waals surface area (Å²) in [5.41, 5.74) is 3.53. The normalized spacial score (nSPS) is 10.6. The van der Waals surface area contributed by atoms with Gasteiger partial charge in [-0.15, -0.1) is 0 Å². The van der Waals surface area contributed by atoms with Crippen LogP contribution in [0.25, 0.3) is 11.3 Å². The monoisotopic (exact) mass is 458 g/mol. The van der Waals surface area contributed by atoms with Crippen LogP contribution in [-0.4, -0.2) is 28.1 Å². The molecule has 0 aliphatic carbocycles. The highest BCUT2D eigenvalue weighted by atomic mass is 16.6. The number of hydrogen-bond donors (Lipinski definition) is 2. The molecule has 0 unspecified atom stereocenters. The standard InChI is InChI=1S/C25H22N4O5/c1-15-7-16(2)9-21(8-15)34-22-12-18(11-19(13-22)29(31)32)26-25(30)24-14-23(27-28-24)17-5-4-6-20(10-17)33-3/h4-14H,1-3H3,(H,26,30)(H,27,28). The predicted molar refractivity (Wildman–Crippen MR) is 128 cm³/mol. The number of nitro groups is 1. The van der Waals surface area contributed by atoms with Crippen molar-refractivity contribution < 1.29 is 19.2 Å². The molecule has 0 saturated carbocycles.